The van der Waals surface area contributed by atoms with E-state index in [4.69, 9.17) is 14.2 Å². The molecule has 3 aromatic carbocycles. The first-order chi connectivity index (χ1) is 17.9. The van der Waals surface area contributed by atoms with Gasteiger partial charge in [0.25, 0.3) is 0 Å². The number of benzene rings is 3. The topological polar surface area (TPSA) is 74.6 Å². The molecule has 7 nitrogen and oxygen atoms in total. The minimum Gasteiger partial charge on any atom is -0.486 e. The molecule has 1 N–H and O–H groups in total. The van der Waals surface area contributed by atoms with Crippen LogP contribution in [0.3, 0.4) is 0 Å². The predicted molar refractivity (Wildman–Crippen MR) is 137 cm³/mol. The van der Waals surface area contributed by atoms with E-state index in [0.29, 0.717) is 30.5 Å². The average Bonchev–Trinajstić information content (AvgIpc) is 3.53. The van der Waals surface area contributed by atoms with Crippen LogP contribution in [0.15, 0.2) is 66.9 Å². The van der Waals surface area contributed by atoms with Gasteiger partial charge in [-0.1, -0.05) is 13.0 Å². The van der Waals surface area contributed by atoms with Gasteiger partial charge in [-0.2, -0.15) is 5.10 Å². The molecule has 1 saturated carbocycles. The maximum atomic E-state index is 13.4. The van der Waals surface area contributed by atoms with Gasteiger partial charge in [0, 0.05) is 10.8 Å². The summed E-state index contributed by atoms with van der Waals surface area (Å²) in [4.78, 5) is 12.8. The molecule has 6 rings (SSSR count). The molecule has 1 aromatic heterocycles. The summed E-state index contributed by atoms with van der Waals surface area (Å²) in [7, 11) is 0. The Balaban J connectivity index is 1.31. The zero-order valence-corrected chi connectivity index (χ0v) is 20.7. The Morgan fingerprint density at radius 2 is 1.81 bits per heavy atom. The van der Waals surface area contributed by atoms with Crippen LogP contribution in [0, 0.1) is 11.2 Å². The molecule has 190 valence electrons. The first-order valence-electron chi connectivity index (χ1n) is 12.5. The molecule has 1 aliphatic carbocycles. The number of carbonyl (C=O) groups is 1. The second kappa shape index (κ2) is 9.10. The number of aromatic nitrogens is 2. The number of carbonyl (C=O) groups excluding carboxylic acids is 1. The van der Waals surface area contributed by atoms with E-state index in [-0.39, 0.29) is 23.2 Å². The third kappa shape index (κ3) is 4.59. The molecular formula is C29H28FN3O4. The maximum Gasteiger partial charge on any atom is 0.226 e. The average molecular weight is 502 g/mol. The SMILES string of the molecule is C[C@H](NC(=O)C1(C)CC1)[C@@H](Oc1ccc2c(cnn2-c2ccc(F)cc2)c1)c1ccc2c(c1)OCCO2. The molecule has 37 heavy (non-hydrogen) atoms. The highest BCUT2D eigenvalue weighted by Gasteiger charge is 2.45. The summed E-state index contributed by atoms with van der Waals surface area (Å²) in [6.45, 7) is 4.95. The third-order valence-electron chi connectivity index (χ3n) is 7.13. The molecule has 2 aliphatic rings. The highest BCUT2D eigenvalue weighted by molar-refractivity contribution is 5.85. The summed E-state index contributed by atoms with van der Waals surface area (Å²) in [5.41, 5.74) is 2.22. The van der Waals surface area contributed by atoms with E-state index < -0.39 is 6.10 Å². The first kappa shape index (κ1) is 23.3. The van der Waals surface area contributed by atoms with Crippen LogP contribution < -0.4 is 19.5 Å². The van der Waals surface area contributed by atoms with E-state index >= 15 is 0 Å². The van der Waals surface area contributed by atoms with E-state index in [1.165, 1.54) is 12.1 Å². The van der Waals surface area contributed by atoms with Crippen molar-refractivity contribution in [2.75, 3.05) is 13.2 Å². The van der Waals surface area contributed by atoms with E-state index in [9.17, 15) is 9.18 Å². The molecule has 0 spiro atoms. The third-order valence-corrected chi connectivity index (χ3v) is 7.13. The summed E-state index contributed by atoms with van der Waals surface area (Å²) in [5, 5.41) is 8.53. The van der Waals surface area contributed by atoms with Crippen molar-refractivity contribution in [1.29, 1.82) is 0 Å². The van der Waals surface area contributed by atoms with Crippen molar-refractivity contribution in [2.24, 2.45) is 5.41 Å². The molecule has 0 unspecified atom stereocenters. The highest BCUT2D eigenvalue weighted by Crippen LogP contribution is 2.45. The second-order valence-corrected chi connectivity index (χ2v) is 10.0. The zero-order valence-electron chi connectivity index (χ0n) is 20.7. The molecule has 4 aromatic rings. The molecule has 1 amide bonds. The summed E-state index contributed by atoms with van der Waals surface area (Å²) < 4.78 is 33.1. The lowest BCUT2D eigenvalue weighted by molar-refractivity contribution is -0.127. The van der Waals surface area contributed by atoms with Crippen LogP contribution >= 0.6 is 0 Å². The number of fused-ring (bicyclic) bond motifs is 2. The molecule has 0 saturated heterocycles. The van der Waals surface area contributed by atoms with Crippen LogP contribution in [0.4, 0.5) is 4.39 Å². The molecule has 2 heterocycles. The predicted octanol–water partition coefficient (Wildman–Crippen LogP) is 5.36. The van der Waals surface area contributed by atoms with Crippen molar-refractivity contribution < 1.29 is 23.4 Å². The molecule has 0 bridgehead atoms. The zero-order chi connectivity index (χ0) is 25.6. The Morgan fingerprint density at radius 1 is 1.05 bits per heavy atom. The van der Waals surface area contributed by atoms with Gasteiger partial charge in [0.1, 0.15) is 30.9 Å². The van der Waals surface area contributed by atoms with Crippen LogP contribution in [0.25, 0.3) is 16.6 Å². The van der Waals surface area contributed by atoms with Crippen molar-refractivity contribution in [3.63, 3.8) is 0 Å². The first-order valence-corrected chi connectivity index (χ1v) is 12.5. The normalized spacial score (nSPS) is 17.2. The highest BCUT2D eigenvalue weighted by atomic mass is 19.1. The standard InChI is InChI=1S/C29H28FN3O4/c1-18(32-28(34)29(2)11-12-29)27(19-3-10-25-26(16-19)36-14-13-35-25)37-23-8-9-24-20(15-23)17-31-33(24)22-6-4-21(30)5-7-22/h3-10,15-18,27H,11-14H2,1-2H3,(H,32,34)/t18-,27+/m0/s1. The van der Waals surface area contributed by atoms with Crippen LogP contribution in [-0.4, -0.2) is 34.9 Å². The number of amides is 1. The number of hydrogen-bond donors (Lipinski definition) is 1. The van der Waals surface area contributed by atoms with Gasteiger partial charge in [-0.15, -0.1) is 0 Å². The molecule has 8 heteroatoms. The molecular weight excluding hydrogens is 473 g/mol. The number of halogens is 1. The van der Waals surface area contributed by atoms with Gasteiger partial charge >= 0.3 is 0 Å². The van der Waals surface area contributed by atoms with Gasteiger partial charge in [0.15, 0.2) is 11.5 Å². The van der Waals surface area contributed by atoms with E-state index in [1.807, 2.05) is 50.2 Å². The number of ether oxygens (including phenoxy) is 3. The lowest BCUT2D eigenvalue weighted by atomic mass is 10.0. The van der Waals surface area contributed by atoms with Crippen LogP contribution in [-0.2, 0) is 4.79 Å². The van der Waals surface area contributed by atoms with Gasteiger partial charge < -0.3 is 19.5 Å². The van der Waals surface area contributed by atoms with Crippen LogP contribution in [0.2, 0.25) is 0 Å². The van der Waals surface area contributed by atoms with Crippen molar-refractivity contribution in [3.8, 4) is 22.9 Å². The van der Waals surface area contributed by atoms with Crippen molar-refractivity contribution in [3.05, 3.63) is 78.2 Å². The van der Waals surface area contributed by atoms with Crippen molar-refractivity contribution in [2.45, 2.75) is 38.8 Å². The maximum absolute atomic E-state index is 13.4. The fourth-order valence-electron chi connectivity index (χ4n) is 4.59. The monoisotopic (exact) mass is 501 g/mol. The fraction of sp³-hybridized carbons (Fsp3) is 0.310. The Bertz CT molecular complexity index is 1460. The van der Waals surface area contributed by atoms with Gasteiger partial charge in [-0.3, -0.25) is 4.79 Å². The van der Waals surface area contributed by atoms with Crippen molar-refractivity contribution in [1.82, 2.24) is 15.1 Å². The molecule has 2 atom stereocenters. The fourth-order valence-corrected chi connectivity index (χ4v) is 4.59. The number of hydrogen-bond acceptors (Lipinski definition) is 5. The van der Waals surface area contributed by atoms with E-state index in [2.05, 4.69) is 10.4 Å². The molecule has 1 fully saturated rings. The van der Waals surface area contributed by atoms with E-state index in [1.54, 1.807) is 23.0 Å². The quantitative estimate of drug-likeness (QED) is 0.369. The lowest BCUT2D eigenvalue weighted by Gasteiger charge is -2.28. The van der Waals surface area contributed by atoms with Gasteiger partial charge in [0.05, 0.1) is 23.4 Å². The summed E-state index contributed by atoms with van der Waals surface area (Å²) in [6, 6.07) is 17.4. The number of nitrogens with one attached hydrogen (secondary N) is 1. The van der Waals surface area contributed by atoms with Crippen LogP contribution in [0.5, 0.6) is 17.2 Å². The Labute approximate surface area is 214 Å². The van der Waals surface area contributed by atoms with Gasteiger partial charge in [-0.25, -0.2) is 9.07 Å². The minimum absolute atomic E-state index is 0.0437. The number of rotatable bonds is 7. The Kier molecular flexibility index (Phi) is 5.74. The molecule has 0 radical (unpaired) electrons. The van der Waals surface area contributed by atoms with Gasteiger partial charge in [0.2, 0.25) is 5.91 Å². The van der Waals surface area contributed by atoms with Crippen molar-refractivity contribution >= 4 is 16.8 Å². The largest absolute Gasteiger partial charge is 0.486 e. The smallest absolute Gasteiger partial charge is 0.226 e. The lowest BCUT2D eigenvalue weighted by Crippen LogP contribution is -2.42. The Hall–Kier alpha value is -4.07. The summed E-state index contributed by atoms with van der Waals surface area (Å²) >= 11 is 0. The van der Waals surface area contributed by atoms with E-state index in [0.717, 1.165) is 35.0 Å². The van der Waals surface area contributed by atoms with Crippen LogP contribution in [0.1, 0.15) is 38.4 Å². The second-order valence-electron chi connectivity index (χ2n) is 10.0. The summed E-state index contributed by atoms with van der Waals surface area (Å²) in [5.74, 6) is 1.76. The number of nitrogens with zero attached hydrogens (tertiary/aromatic N) is 2. The molecule has 1 aliphatic heterocycles. The summed E-state index contributed by atoms with van der Waals surface area (Å²) in [6.07, 6.45) is 3.08. The minimum atomic E-state index is -0.466. The van der Waals surface area contributed by atoms with Gasteiger partial charge in [-0.05, 0) is 79.9 Å². The Morgan fingerprint density at radius 3 is 2.57 bits per heavy atom.